The molecule has 1 nitrogen and oxygen atoms in total. The van der Waals surface area contributed by atoms with Crippen LogP contribution in [0.4, 0.5) is 0 Å². The standard InChI is InChI=1S/C14H27N/c1-6-9-10-11-13(15-12-7-2)14(4,5)8-3/h1,13,15H,7-12H2,2-5H3. The number of hydrogen-bond donors (Lipinski definition) is 1. The molecule has 0 saturated carbocycles. The highest BCUT2D eigenvalue weighted by Gasteiger charge is 2.26. The maximum Gasteiger partial charge on any atom is 0.0118 e. The van der Waals surface area contributed by atoms with Gasteiger partial charge in [0.2, 0.25) is 0 Å². The van der Waals surface area contributed by atoms with E-state index in [9.17, 15) is 0 Å². The first-order valence-corrected chi connectivity index (χ1v) is 6.25. The third-order valence-corrected chi connectivity index (χ3v) is 3.31. The molecule has 15 heavy (non-hydrogen) atoms. The largest absolute Gasteiger partial charge is 0.313 e. The van der Waals surface area contributed by atoms with Crippen molar-refractivity contribution in [3.05, 3.63) is 0 Å². The second kappa shape index (κ2) is 7.77. The predicted molar refractivity (Wildman–Crippen MR) is 68.8 cm³/mol. The fraction of sp³-hybridized carbons (Fsp3) is 0.857. The summed E-state index contributed by atoms with van der Waals surface area (Å²) in [5.74, 6) is 2.72. The van der Waals surface area contributed by atoms with E-state index in [-0.39, 0.29) is 0 Å². The Balaban J connectivity index is 4.12. The minimum atomic E-state index is 0.379. The molecule has 1 atom stereocenters. The molecule has 0 radical (unpaired) electrons. The lowest BCUT2D eigenvalue weighted by molar-refractivity contribution is 0.218. The monoisotopic (exact) mass is 209 g/mol. The summed E-state index contributed by atoms with van der Waals surface area (Å²) in [6, 6.07) is 0.607. The Labute approximate surface area is 96.0 Å². The Morgan fingerprint density at radius 2 is 2.00 bits per heavy atom. The van der Waals surface area contributed by atoms with Gasteiger partial charge in [-0.25, -0.2) is 0 Å². The first-order valence-electron chi connectivity index (χ1n) is 6.25. The molecule has 1 unspecified atom stereocenters. The molecular formula is C14H27N. The lowest BCUT2D eigenvalue weighted by Crippen LogP contribution is -2.42. The zero-order valence-electron chi connectivity index (χ0n) is 10.9. The lowest BCUT2D eigenvalue weighted by atomic mass is 9.79. The van der Waals surface area contributed by atoms with Crippen molar-refractivity contribution in [2.45, 2.75) is 65.8 Å². The summed E-state index contributed by atoms with van der Waals surface area (Å²) >= 11 is 0. The highest BCUT2D eigenvalue weighted by Crippen LogP contribution is 2.28. The van der Waals surface area contributed by atoms with Crippen molar-refractivity contribution < 1.29 is 0 Å². The fourth-order valence-corrected chi connectivity index (χ4v) is 1.74. The van der Waals surface area contributed by atoms with Gasteiger partial charge in [0.05, 0.1) is 0 Å². The van der Waals surface area contributed by atoms with Gasteiger partial charge in [0, 0.05) is 12.5 Å². The van der Waals surface area contributed by atoms with Crippen molar-refractivity contribution in [2.24, 2.45) is 5.41 Å². The van der Waals surface area contributed by atoms with Gasteiger partial charge < -0.3 is 5.32 Å². The van der Waals surface area contributed by atoms with E-state index >= 15 is 0 Å². The topological polar surface area (TPSA) is 12.0 Å². The van der Waals surface area contributed by atoms with Gasteiger partial charge in [0.1, 0.15) is 0 Å². The van der Waals surface area contributed by atoms with Crippen LogP contribution in [0, 0.1) is 17.8 Å². The van der Waals surface area contributed by atoms with Crippen molar-refractivity contribution in [3.8, 4) is 12.3 Å². The third-order valence-electron chi connectivity index (χ3n) is 3.31. The normalized spacial score (nSPS) is 13.5. The molecule has 0 saturated heterocycles. The number of rotatable bonds is 8. The van der Waals surface area contributed by atoms with Crippen molar-refractivity contribution in [1.82, 2.24) is 5.32 Å². The van der Waals surface area contributed by atoms with E-state index in [0.29, 0.717) is 11.5 Å². The molecule has 0 aliphatic carbocycles. The van der Waals surface area contributed by atoms with E-state index in [1.165, 1.54) is 19.3 Å². The first kappa shape index (κ1) is 14.5. The molecule has 1 heteroatoms. The molecule has 0 aliphatic heterocycles. The van der Waals surface area contributed by atoms with Gasteiger partial charge >= 0.3 is 0 Å². The van der Waals surface area contributed by atoms with Crippen LogP contribution < -0.4 is 5.32 Å². The van der Waals surface area contributed by atoms with Crippen molar-refractivity contribution in [1.29, 1.82) is 0 Å². The molecule has 88 valence electrons. The molecule has 0 aromatic rings. The van der Waals surface area contributed by atoms with Gasteiger partial charge in [-0.1, -0.05) is 27.7 Å². The zero-order chi connectivity index (χ0) is 11.7. The maximum absolute atomic E-state index is 5.29. The van der Waals surface area contributed by atoms with E-state index in [4.69, 9.17) is 6.42 Å². The summed E-state index contributed by atoms with van der Waals surface area (Å²) in [5, 5.41) is 3.65. The van der Waals surface area contributed by atoms with E-state index in [2.05, 4.69) is 38.9 Å². The summed E-state index contributed by atoms with van der Waals surface area (Å²) in [6.45, 7) is 10.3. The van der Waals surface area contributed by atoms with Crippen molar-refractivity contribution in [2.75, 3.05) is 6.54 Å². The molecule has 0 spiro atoms. The van der Waals surface area contributed by atoms with Crippen molar-refractivity contribution in [3.63, 3.8) is 0 Å². The van der Waals surface area contributed by atoms with E-state index in [1.54, 1.807) is 0 Å². The molecule has 1 N–H and O–H groups in total. The van der Waals surface area contributed by atoms with Crippen LogP contribution in [0.3, 0.4) is 0 Å². The molecule has 0 aromatic carbocycles. The molecule has 0 bridgehead atoms. The molecule has 0 aromatic heterocycles. The molecule has 0 fully saturated rings. The highest BCUT2D eigenvalue weighted by molar-refractivity contribution is 4.87. The Morgan fingerprint density at radius 3 is 2.47 bits per heavy atom. The Kier molecular flexibility index (Phi) is 7.52. The van der Waals surface area contributed by atoms with Gasteiger partial charge in [-0.2, -0.15) is 0 Å². The van der Waals surface area contributed by atoms with E-state index < -0.39 is 0 Å². The minimum absolute atomic E-state index is 0.379. The predicted octanol–water partition coefficient (Wildman–Crippen LogP) is 3.59. The Bertz CT molecular complexity index is 188. The summed E-state index contributed by atoms with van der Waals surface area (Å²) in [6.07, 6.45) is 10.9. The smallest absolute Gasteiger partial charge is 0.0118 e. The molecule has 0 heterocycles. The Hall–Kier alpha value is -0.480. The van der Waals surface area contributed by atoms with Gasteiger partial charge in [0.15, 0.2) is 0 Å². The second-order valence-corrected chi connectivity index (χ2v) is 4.95. The zero-order valence-corrected chi connectivity index (χ0v) is 10.9. The van der Waals surface area contributed by atoms with Crippen LogP contribution in [0.2, 0.25) is 0 Å². The van der Waals surface area contributed by atoms with Gasteiger partial charge in [-0.15, -0.1) is 12.3 Å². The summed E-state index contributed by atoms with van der Waals surface area (Å²) in [7, 11) is 0. The number of nitrogens with one attached hydrogen (secondary N) is 1. The lowest BCUT2D eigenvalue weighted by Gasteiger charge is -2.34. The number of terminal acetylenes is 1. The Morgan fingerprint density at radius 1 is 1.33 bits per heavy atom. The van der Waals surface area contributed by atoms with Crippen LogP contribution in [-0.2, 0) is 0 Å². The maximum atomic E-state index is 5.29. The average Bonchev–Trinajstić information content (AvgIpc) is 2.23. The first-order chi connectivity index (χ1) is 7.08. The number of hydrogen-bond acceptors (Lipinski definition) is 1. The highest BCUT2D eigenvalue weighted by atomic mass is 14.9. The second-order valence-electron chi connectivity index (χ2n) is 4.95. The van der Waals surface area contributed by atoms with Crippen LogP contribution >= 0.6 is 0 Å². The van der Waals surface area contributed by atoms with Crippen molar-refractivity contribution >= 4 is 0 Å². The molecule has 0 amide bonds. The van der Waals surface area contributed by atoms with Crippen LogP contribution in [0.1, 0.15) is 59.8 Å². The number of unbranched alkanes of at least 4 members (excludes halogenated alkanes) is 1. The molecule has 0 rings (SSSR count). The molecular weight excluding hydrogens is 182 g/mol. The van der Waals surface area contributed by atoms with Crippen LogP contribution in [0.15, 0.2) is 0 Å². The fourth-order valence-electron chi connectivity index (χ4n) is 1.74. The SMILES string of the molecule is C#CCCCC(NCCC)C(C)(C)CC. The summed E-state index contributed by atoms with van der Waals surface area (Å²) < 4.78 is 0. The van der Waals surface area contributed by atoms with E-state index in [0.717, 1.165) is 19.4 Å². The van der Waals surface area contributed by atoms with Crippen LogP contribution in [0.5, 0.6) is 0 Å². The summed E-state index contributed by atoms with van der Waals surface area (Å²) in [5.41, 5.74) is 0.379. The average molecular weight is 209 g/mol. The quantitative estimate of drug-likeness (QED) is 0.476. The van der Waals surface area contributed by atoms with Crippen LogP contribution in [0.25, 0.3) is 0 Å². The third kappa shape index (κ3) is 5.85. The van der Waals surface area contributed by atoms with E-state index in [1.807, 2.05) is 0 Å². The van der Waals surface area contributed by atoms with Crippen LogP contribution in [-0.4, -0.2) is 12.6 Å². The minimum Gasteiger partial charge on any atom is -0.313 e. The van der Waals surface area contributed by atoms with Gasteiger partial charge in [0.25, 0.3) is 0 Å². The summed E-state index contributed by atoms with van der Waals surface area (Å²) in [4.78, 5) is 0. The van der Waals surface area contributed by atoms with Gasteiger partial charge in [-0.05, 0) is 37.6 Å². The van der Waals surface area contributed by atoms with Gasteiger partial charge in [-0.3, -0.25) is 0 Å². The molecule has 0 aliphatic rings.